The summed E-state index contributed by atoms with van der Waals surface area (Å²) in [6.07, 6.45) is 2.74. The van der Waals surface area contributed by atoms with Crippen LogP contribution in [0, 0.1) is 0 Å². The fourth-order valence-electron chi connectivity index (χ4n) is 1.50. The van der Waals surface area contributed by atoms with Crippen molar-refractivity contribution in [2.75, 3.05) is 6.54 Å². The van der Waals surface area contributed by atoms with Crippen molar-refractivity contribution in [2.45, 2.75) is 51.1 Å². The maximum Gasteiger partial charge on any atom is 0.315 e. The second kappa shape index (κ2) is 7.60. The quantitative estimate of drug-likeness (QED) is 0.506. The van der Waals surface area contributed by atoms with Crippen LogP contribution in [-0.4, -0.2) is 41.6 Å². The van der Waals surface area contributed by atoms with Gasteiger partial charge in [0.2, 0.25) is 5.91 Å². The SMILES string of the molecule is CC(CCC(=O)O)NC(=O)NCCC(=O)NC1CC1. The Morgan fingerprint density at radius 1 is 1.26 bits per heavy atom. The van der Waals surface area contributed by atoms with Crippen molar-refractivity contribution in [1.29, 1.82) is 0 Å². The van der Waals surface area contributed by atoms with Crippen molar-refractivity contribution < 1.29 is 19.5 Å². The number of carbonyl (C=O) groups is 3. The first-order valence-electron chi connectivity index (χ1n) is 6.53. The van der Waals surface area contributed by atoms with E-state index < -0.39 is 5.97 Å². The highest BCUT2D eigenvalue weighted by molar-refractivity contribution is 5.78. The first-order valence-corrected chi connectivity index (χ1v) is 6.53. The van der Waals surface area contributed by atoms with E-state index in [0.717, 1.165) is 12.8 Å². The lowest BCUT2D eigenvalue weighted by atomic mass is 10.2. The number of carboxylic acid groups (broad SMARTS) is 1. The van der Waals surface area contributed by atoms with E-state index in [1.54, 1.807) is 6.92 Å². The molecule has 7 heteroatoms. The highest BCUT2D eigenvalue weighted by Gasteiger charge is 2.22. The molecule has 4 N–H and O–H groups in total. The predicted molar refractivity (Wildman–Crippen MR) is 68.6 cm³/mol. The molecule has 1 saturated carbocycles. The van der Waals surface area contributed by atoms with E-state index >= 15 is 0 Å². The van der Waals surface area contributed by atoms with Gasteiger partial charge in [-0.15, -0.1) is 0 Å². The first kappa shape index (κ1) is 15.3. The predicted octanol–water partition coefficient (Wildman–Crippen LogP) is 0.208. The minimum absolute atomic E-state index is 0.0191. The molecule has 1 fully saturated rings. The highest BCUT2D eigenvalue weighted by atomic mass is 16.4. The van der Waals surface area contributed by atoms with Gasteiger partial charge in [-0.25, -0.2) is 4.79 Å². The highest BCUT2D eigenvalue weighted by Crippen LogP contribution is 2.18. The fourth-order valence-corrected chi connectivity index (χ4v) is 1.50. The average Bonchev–Trinajstić information content (AvgIpc) is 3.10. The summed E-state index contributed by atoms with van der Waals surface area (Å²) >= 11 is 0. The Labute approximate surface area is 112 Å². The summed E-state index contributed by atoms with van der Waals surface area (Å²) < 4.78 is 0. The monoisotopic (exact) mass is 271 g/mol. The lowest BCUT2D eigenvalue weighted by Gasteiger charge is -2.13. The van der Waals surface area contributed by atoms with E-state index in [4.69, 9.17) is 5.11 Å². The van der Waals surface area contributed by atoms with Gasteiger partial charge in [0, 0.05) is 31.5 Å². The van der Waals surface area contributed by atoms with Gasteiger partial charge in [0.05, 0.1) is 0 Å². The summed E-state index contributed by atoms with van der Waals surface area (Å²) in [5, 5.41) is 16.5. The van der Waals surface area contributed by atoms with Crippen LogP contribution in [0.5, 0.6) is 0 Å². The number of carboxylic acids is 1. The smallest absolute Gasteiger partial charge is 0.315 e. The topological polar surface area (TPSA) is 108 Å². The molecule has 1 unspecified atom stereocenters. The Bertz CT molecular complexity index is 342. The van der Waals surface area contributed by atoms with Crippen LogP contribution in [0.1, 0.15) is 39.0 Å². The molecule has 0 aliphatic heterocycles. The molecule has 0 bridgehead atoms. The zero-order valence-corrected chi connectivity index (χ0v) is 11.1. The molecule has 0 aromatic rings. The van der Waals surface area contributed by atoms with Gasteiger partial charge in [-0.2, -0.15) is 0 Å². The van der Waals surface area contributed by atoms with Crippen molar-refractivity contribution >= 4 is 17.9 Å². The van der Waals surface area contributed by atoms with Crippen LogP contribution in [0.25, 0.3) is 0 Å². The van der Waals surface area contributed by atoms with Gasteiger partial charge in [-0.3, -0.25) is 9.59 Å². The molecule has 0 saturated heterocycles. The first-order chi connectivity index (χ1) is 8.97. The number of rotatable bonds is 8. The Hall–Kier alpha value is -1.79. The number of nitrogens with one attached hydrogen (secondary N) is 3. The van der Waals surface area contributed by atoms with Gasteiger partial charge in [-0.05, 0) is 26.2 Å². The fraction of sp³-hybridized carbons (Fsp3) is 0.750. The number of amides is 3. The summed E-state index contributed by atoms with van der Waals surface area (Å²) in [5.41, 5.74) is 0. The third-order valence-electron chi connectivity index (χ3n) is 2.75. The molecular weight excluding hydrogens is 250 g/mol. The molecular formula is C12H21N3O4. The lowest BCUT2D eigenvalue weighted by molar-refractivity contribution is -0.137. The van der Waals surface area contributed by atoms with E-state index in [-0.39, 0.29) is 37.4 Å². The average molecular weight is 271 g/mol. The van der Waals surface area contributed by atoms with Gasteiger partial charge in [0.15, 0.2) is 0 Å². The Morgan fingerprint density at radius 3 is 2.53 bits per heavy atom. The van der Waals surface area contributed by atoms with Crippen molar-refractivity contribution in [3.63, 3.8) is 0 Å². The Kier molecular flexibility index (Phi) is 6.11. The zero-order valence-electron chi connectivity index (χ0n) is 11.1. The molecule has 1 atom stereocenters. The van der Waals surface area contributed by atoms with Gasteiger partial charge in [0.25, 0.3) is 0 Å². The number of carbonyl (C=O) groups excluding carboxylic acids is 2. The van der Waals surface area contributed by atoms with Gasteiger partial charge in [0.1, 0.15) is 0 Å². The zero-order chi connectivity index (χ0) is 14.3. The van der Waals surface area contributed by atoms with Crippen LogP contribution in [0.2, 0.25) is 0 Å². The second-order valence-electron chi connectivity index (χ2n) is 4.83. The van der Waals surface area contributed by atoms with E-state index in [9.17, 15) is 14.4 Å². The van der Waals surface area contributed by atoms with E-state index in [1.165, 1.54) is 0 Å². The van der Waals surface area contributed by atoms with Crippen molar-refractivity contribution in [3.05, 3.63) is 0 Å². The summed E-state index contributed by atoms with van der Waals surface area (Å²) in [6, 6.07) is -0.258. The van der Waals surface area contributed by atoms with Crippen LogP contribution in [0.4, 0.5) is 4.79 Å². The van der Waals surface area contributed by atoms with Crippen molar-refractivity contribution in [2.24, 2.45) is 0 Å². The summed E-state index contributed by atoms with van der Waals surface area (Å²) in [7, 11) is 0. The Balaban J connectivity index is 2.02. The number of hydrogen-bond donors (Lipinski definition) is 4. The van der Waals surface area contributed by atoms with Crippen molar-refractivity contribution in [3.8, 4) is 0 Å². The maximum absolute atomic E-state index is 11.4. The van der Waals surface area contributed by atoms with Gasteiger partial charge < -0.3 is 21.1 Å². The molecule has 0 spiro atoms. The number of urea groups is 1. The molecule has 1 aliphatic carbocycles. The number of hydrogen-bond acceptors (Lipinski definition) is 3. The number of aliphatic carboxylic acids is 1. The lowest BCUT2D eigenvalue weighted by Crippen LogP contribution is -2.42. The van der Waals surface area contributed by atoms with E-state index in [1.807, 2.05) is 0 Å². The molecule has 7 nitrogen and oxygen atoms in total. The summed E-state index contributed by atoms with van der Waals surface area (Å²) in [5.74, 6) is -0.937. The van der Waals surface area contributed by atoms with Crippen molar-refractivity contribution in [1.82, 2.24) is 16.0 Å². The molecule has 19 heavy (non-hydrogen) atoms. The molecule has 0 aromatic carbocycles. The minimum atomic E-state index is -0.884. The van der Waals surface area contributed by atoms with Gasteiger partial charge in [-0.1, -0.05) is 0 Å². The van der Waals surface area contributed by atoms with E-state index in [0.29, 0.717) is 12.5 Å². The van der Waals surface area contributed by atoms with Crippen LogP contribution in [-0.2, 0) is 9.59 Å². The normalized spacial score (nSPS) is 15.4. The largest absolute Gasteiger partial charge is 0.481 e. The molecule has 3 amide bonds. The molecule has 0 heterocycles. The molecule has 1 aliphatic rings. The molecule has 1 rings (SSSR count). The third-order valence-corrected chi connectivity index (χ3v) is 2.75. The molecule has 0 radical (unpaired) electrons. The second-order valence-corrected chi connectivity index (χ2v) is 4.83. The standard InChI is InChI=1S/C12H21N3O4/c1-8(2-5-11(17)18)14-12(19)13-7-6-10(16)15-9-3-4-9/h8-9H,2-7H2,1H3,(H,15,16)(H,17,18)(H2,13,14,19). The van der Waals surface area contributed by atoms with Crippen LogP contribution in [0.3, 0.4) is 0 Å². The van der Waals surface area contributed by atoms with Crippen LogP contribution >= 0.6 is 0 Å². The van der Waals surface area contributed by atoms with E-state index in [2.05, 4.69) is 16.0 Å². The summed E-state index contributed by atoms with van der Waals surface area (Å²) in [6.45, 7) is 2.01. The van der Waals surface area contributed by atoms with Gasteiger partial charge >= 0.3 is 12.0 Å². The minimum Gasteiger partial charge on any atom is -0.481 e. The maximum atomic E-state index is 11.4. The Morgan fingerprint density at radius 2 is 1.95 bits per heavy atom. The van der Waals surface area contributed by atoms with Crippen LogP contribution < -0.4 is 16.0 Å². The van der Waals surface area contributed by atoms with Crippen LogP contribution in [0.15, 0.2) is 0 Å². The molecule has 0 aromatic heterocycles. The third kappa shape index (κ3) is 8.01. The summed E-state index contributed by atoms with van der Waals surface area (Å²) in [4.78, 5) is 33.1. The molecule has 108 valence electrons.